The first-order valence-electron chi connectivity index (χ1n) is 12.0. The van der Waals surface area contributed by atoms with Crippen molar-refractivity contribution in [2.75, 3.05) is 19.8 Å². The van der Waals surface area contributed by atoms with Crippen LogP contribution in [0.25, 0.3) is 10.9 Å². The zero-order valence-electron chi connectivity index (χ0n) is 19.7. The standard InChI is InChI=1S/C27H31N3O4/c1-16-17(2)25-22(27(33)30(15-29-25)23-9-10-34-14-24(23)31)12-21(16)11-18-5-7-20(8-6-18)26(32)28-13-19-3-4-19/h5-8,12,15,19,23-24,31H,3-4,9-11,13-14H2,1-2H3,(H,28,32)/t23-,24-/m0/s1. The first-order chi connectivity index (χ1) is 16.4. The summed E-state index contributed by atoms with van der Waals surface area (Å²) in [5.41, 5.74) is 5.45. The van der Waals surface area contributed by atoms with Crippen molar-refractivity contribution in [3.8, 4) is 0 Å². The van der Waals surface area contributed by atoms with E-state index in [0.717, 1.165) is 28.8 Å². The van der Waals surface area contributed by atoms with Gasteiger partial charge in [0.2, 0.25) is 0 Å². The predicted molar refractivity (Wildman–Crippen MR) is 130 cm³/mol. The number of aromatic nitrogens is 2. The number of carbonyl (C=O) groups is 1. The predicted octanol–water partition coefficient (Wildman–Crippen LogP) is 3.07. The van der Waals surface area contributed by atoms with Gasteiger partial charge >= 0.3 is 0 Å². The van der Waals surface area contributed by atoms with E-state index in [1.54, 1.807) is 10.9 Å². The van der Waals surface area contributed by atoms with Gasteiger partial charge in [-0.1, -0.05) is 12.1 Å². The Morgan fingerprint density at radius 2 is 1.94 bits per heavy atom. The Hall–Kier alpha value is -3.03. The largest absolute Gasteiger partial charge is 0.389 e. The minimum atomic E-state index is -0.725. The molecule has 2 atom stereocenters. The number of amides is 1. The molecule has 1 amide bonds. The smallest absolute Gasteiger partial charge is 0.261 e. The Labute approximate surface area is 198 Å². The number of benzene rings is 2. The van der Waals surface area contributed by atoms with Crippen molar-refractivity contribution in [2.24, 2.45) is 5.92 Å². The van der Waals surface area contributed by atoms with Crippen LogP contribution in [-0.4, -0.2) is 46.4 Å². The number of aliphatic hydroxyl groups excluding tert-OH is 1. The summed E-state index contributed by atoms with van der Waals surface area (Å²) in [4.78, 5) is 30.3. The number of ether oxygens (including phenoxy) is 1. The van der Waals surface area contributed by atoms with Gasteiger partial charge in [-0.3, -0.25) is 14.2 Å². The maximum atomic E-state index is 13.4. The van der Waals surface area contributed by atoms with E-state index in [-0.39, 0.29) is 24.1 Å². The summed E-state index contributed by atoms with van der Waals surface area (Å²) in [5.74, 6) is 0.620. The Morgan fingerprint density at radius 3 is 2.65 bits per heavy atom. The van der Waals surface area contributed by atoms with Crippen LogP contribution in [0.3, 0.4) is 0 Å². The fraction of sp³-hybridized carbons (Fsp3) is 0.444. The molecule has 1 aliphatic heterocycles. The van der Waals surface area contributed by atoms with Crippen molar-refractivity contribution in [3.05, 3.63) is 74.8 Å². The molecule has 0 spiro atoms. The molecule has 2 aliphatic rings. The number of carbonyl (C=O) groups excluding carboxylic acids is 1. The average Bonchev–Trinajstić information content (AvgIpc) is 3.67. The lowest BCUT2D eigenvalue weighted by Gasteiger charge is -2.29. The van der Waals surface area contributed by atoms with Crippen LogP contribution in [0.5, 0.6) is 0 Å². The summed E-state index contributed by atoms with van der Waals surface area (Å²) >= 11 is 0. The molecule has 1 aromatic heterocycles. The molecule has 0 bridgehead atoms. The summed E-state index contributed by atoms with van der Waals surface area (Å²) in [6, 6.07) is 9.28. The molecule has 7 nitrogen and oxygen atoms in total. The van der Waals surface area contributed by atoms with E-state index in [0.29, 0.717) is 41.8 Å². The molecule has 1 aliphatic carbocycles. The number of nitrogens with one attached hydrogen (secondary N) is 1. The number of hydrogen-bond donors (Lipinski definition) is 2. The van der Waals surface area contributed by atoms with Crippen LogP contribution >= 0.6 is 0 Å². The minimum absolute atomic E-state index is 0.0295. The van der Waals surface area contributed by atoms with Crippen molar-refractivity contribution in [2.45, 2.75) is 51.7 Å². The van der Waals surface area contributed by atoms with Crippen molar-refractivity contribution in [3.63, 3.8) is 0 Å². The van der Waals surface area contributed by atoms with E-state index >= 15 is 0 Å². The highest BCUT2D eigenvalue weighted by atomic mass is 16.5. The molecule has 2 heterocycles. The number of aliphatic hydroxyl groups is 1. The van der Waals surface area contributed by atoms with Gasteiger partial charge < -0.3 is 15.2 Å². The van der Waals surface area contributed by atoms with Gasteiger partial charge in [0.25, 0.3) is 11.5 Å². The van der Waals surface area contributed by atoms with Crippen LogP contribution in [0.4, 0.5) is 0 Å². The lowest BCUT2D eigenvalue weighted by atomic mass is 9.94. The fourth-order valence-electron chi connectivity index (χ4n) is 4.72. The summed E-state index contributed by atoms with van der Waals surface area (Å²) in [5, 5.41) is 13.9. The van der Waals surface area contributed by atoms with Crippen molar-refractivity contribution < 1.29 is 14.6 Å². The van der Waals surface area contributed by atoms with Crippen molar-refractivity contribution in [1.82, 2.24) is 14.9 Å². The van der Waals surface area contributed by atoms with Gasteiger partial charge in [0, 0.05) is 18.7 Å². The van der Waals surface area contributed by atoms with E-state index < -0.39 is 6.10 Å². The highest BCUT2D eigenvalue weighted by Crippen LogP contribution is 2.28. The second-order valence-corrected chi connectivity index (χ2v) is 9.66. The third kappa shape index (κ3) is 4.50. The Kier molecular flexibility index (Phi) is 6.23. The maximum absolute atomic E-state index is 13.4. The molecular weight excluding hydrogens is 430 g/mol. The molecule has 34 heavy (non-hydrogen) atoms. The van der Waals surface area contributed by atoms with Gasteiger partial charge in [-0.2, -0.15) is 0 Å². The van der Waals surface area contributed by atoms with Gasteiger partial charge in [-0.05, 0) is 85.9 Å². The number of fused-ring (bicyclic) bond motifs is 1. The molecule has 2 fully saturated rings. The molecule has 5 rings (SSSR count). The van der Waals surface area contributed by atoms with E-state index in [4.69, 9.17) is 4.74 Å². The third-order valence-corrected chi connectivity index (χ3v) is 7.26. The second-order valence-electron chi connectivity index (χ2n) is 9.66. The minimum Gasteiger partial charge on any atom is -0.389 e. The summed E-state index contributed by atoms with van der Waals surface area (Å²) in [6.45, 7) is 5.54. The summed E-state index contributed by atoms with van der Waals surface area (Å²) in [6.07, 6.45) is 4.48. The summed E-state index contributed by atoms with van der Waals surface area (Å²) < 4.78 is 6.88. The topological polar surface area (TPSA) is 93.5 Å². The molecule has 2 aromatic carbocycles. The monoisotopic (exact) mass is 461 g/mol. The molecule has 0 radical (unpaired) electrons. The molecular formula is C27H31N3O4. The van der Waals surface area contributed by atoms with Crippen molar-refractivity contribution in [1.29, 1.82) is 0 Å². The molecule has 1 saturated carbocycles. The fourth-order valence-corrected chi connectivity index (χ4v) is 4.72. The van der Waals surface area contributed by atoms with E-state index in [9.17, 15) is 14.7 Å². The maximum Gasteiger partial charge on any atom is 0.261 e. The van der Waals surface area contributed by atoms with Crippen LogP contribution in [0.15, 0.2) is 41.5 Å². The van der Waals surface area contributed by atoms with Gasteiger partial charge in [0.15, 0.2) is 0 Å². The Bertz CT molecular complexity index is 1280. The van der Waals surface area contributed by atoms with Crippen LogP contribution in [0.2, 0.25) is 0 Å². The third-order valence-electron chi connectivity index (χ3n) is 7.26. The normalized spacial score (nSPS) is 20.4. The molecule has 2 N–H and O–H groups in total. The lowest BCUT2D eigenvalue weighted by molar-refractivity contribution is -0.0395. The van der Waals surface area contributed by atoms with E-state index in [1.165, 1.54) is 12.8 Å². The molecule has 1 saturated heterocycles. The SMILES string of the molecule is Cc1c(Cc2ccc(C(=O)NCC3CC3)cc2)cc2c(=O)n([C@H]3CCOC[C@@H]3O)cnc2c1C. The number of rotatable bonds is 6. The van der Waals surface area contributed by atoms with Gasteiger partial charge in [-0.25, -0.2) is 4.98 Å². The van der Waals surface area contributed by atoms with Crippen LogP contribution < -0.4 is 10.9 Å². The van der Waals surface area contributed by atoms with E-state index in [1.807, 2.05) is 37.3 Å². The van der Waals surface area contributed by atoms with Gasteiger partial charge in [0.1, 0.15) is 0 Å². The van der Waals surface area contributed by atoms with Gasteiger partial charge in [-0.15, -0.1) is 0 Å². The Morgan fingerprint density at radius 1 is 1.18 bits per heavy atom. The number of nitrogens with zero attached hydrogens (tertiary/aromatic N) is 2. The first-order valence-corrected chi connectivity index (χ1v) is 12.0. The Balaban J connectivity index is 1.42. The first kappa shape index (κ1) is 22.7. The second kappa shape index (κ2) is 9.31. The number of aryl methyl sites for hydroxylation is 1. The van der Waals surface area contributed by atoms with Crippen molar-refractivity contribution >= 4 is 16.8 Å². The van der Waals surface area contributed by atoms with Gasteiger partial charge in [0.05, 0.1) is 36.0 Å². The van der Waals surface area contributed by atoms with Crippen LogP contribution in [0, 0.1) is 19.8 Å². The molecule has 0 unspecified atom stereocenters. The number of hydrogen-bond acceptors (Lipinski definition) is 5. The van der Waals surface area contributed by atoms with Crippen LogP contribution in [-0.2, 0) is 11.2 Å². The molecule has 178 valence electrons. The zero-order chi connectivity index (χ0) is 23.8. The van der Waals surface area contributed by atoms with Crippen LogP contribution in [0.1, 0.15) is 57.9 Å². The van der Waals surface area contributed by atoms with E-state index in [2.05, 4.69) is 17.2 Å². The quantitative estimate of drug-likeness (QED) is 0.589. The zero-order valence-corrected chi connectivity index (χ0v) is 19.7. The highest BCUT2D eigenvalue weighted by molar-refractivity contribution is 5.94. The highest BCUT2D eigenvalue weighted by Gasteiger charge is 2.27. The molecule has 3 aromatic rings. The lowest BCUT2D eigenvalue weighted by Crippen LogP contribution is -2.39. The summed E-state index contributed by atoms with van der Waals surface area (Å²) in [7, 11) is 0. The molecule has 7 heteroatoms. The average molecular weight is 462 g/mol.